The molecule has 2 aromatic carbocycles. The highest BCUT2D eigenvalue weighted by atomic mass is 35.5. The van der Waals surface area contributed by atoms with Gasteiger partial charge in [-0.3, -0.25) is 4.79 Å². The average molecular weight is 470 g/mol. The summed E-state index contributed by atoms with van der Waals surface area (Å²) in [6.45, 7) is 0. The molecule has 0 atom stereocenters. The van der Waals surface area contributed by atoms with Crippen molar-refractivity contribution in [3.05, 3.63) is 67.6 Å². The number of nitriles is 1. The number of carbonyl (C=O) groups is 1. The van der Waals surface area contributed by atoms with Crippen molar-refractivity contribution in [2.45, 2.75) is 49.4 Å². The van der Waals surface area contributed by atoms with Gasteiger partial charge in [0.2, 0.25) is 5.91 Å². The lowest BCUT2D eigenvalue weighted by atomic mass is 9.64. The van der Waals surface area contributed by atoms with E-state index in [-0.39, 0.29) is 11.3 Å². The molecule has 4 rings (SSSR count). The van der Waals surface area contributed by atoms with E-state index in [0.717, 1.165) is 49.7 Å². The second-order valence-electron chi connectivity index (χ2n) is 7.55. The Kier molecular flexibility index (Phi) is 6.70. The van der Waals surface area contributed by atoms with Crippen LogP contribution in [-0.4, -0.2) is 5.91 Å². The van der Waals surface area contributed by atoms with E-state index < -0.39 is 5.41 Å². The molecule has 2 aliphatic rings. The number of hydrogen-bond acceptors (Lipinski definition) is 2. The van der Waals surface area contributed by atoms with Gasteiger partial charge < -0.3 is 5.73 Å². The molecular formula is C22H20Cl4N2O. The number of nitrogens with zero attached hydrogens (tertiary/aromatic N) is 1. The topological polar surface area (TPSA) is 66.9 Å². The van der Waals surface area contributed by atoms with Crippen molar-refractivity contribution in [2.24, 2.45) is 5.73 Å². The summed E-state index contributed by atoms with van der Waals surface area (Å²) in [4.78, 5) is 11.5. The zero-order chi connectivity index (χ0) is 21.2. The number of hydrogen-bond donors (Lipinski definition) is 1. The maximum Gasteiger partial charge on any atom is 0.228 e. The monoisotopic (exact) mass is 468 g/mol. The van der Waals surface area contributed by atoms with Gasteiger partial charge in [0.05, 0.1) is 37.0 Å². The third-order valence-corrected chi connectivity index (χ3v) is 7.67. The molecule has 7 heteroatoms. The summed E-state index contributed by atoms with van der Waals surface area (Å²) in [7, 11) is 0. The zero-order valence-corrected chi connectivity index (χ0v) is 18.7. The molecule has 29 heavy (non-hydrogen) atoms. The number of primary amides is 1. The van der Waals surface area contributed by atoms with Crippen molar-refractivity contribution in [1.29, 1.82) is 5.26 Å². The first kappa shape index (κ1) is 22.2. The molecule has 2 fully saturated rings. The third-order valence-electron chi connectivity index (χ3n) is 6.03. The zero-order valence-electron chi connectivity index (χ0n) is 15.7. The molecule has 2 saturated carbocycles. The lowest BCUT2D eigenvalue weighted by Gasteiger charge is -2.39. The summed E-state index contributed by atoms with van der Waals surface area (Å²) in [6, 6.07) is 13.2. The largest absolute Gasteiger partial charge is 0.369 e. The van der Waals surface area contributed by atoms with E-state index in [0.29, 0.717) is 20.1 Å². The molecule has 0 saturated heterocycles. The molecule has 0 bridgehead atoms. The minimum absolute atomic E-state index is 0.307. The maximum absolute atomic E-state index is 11.5. The molecule has 2 aliphatic carbocycles. The van der Waals surface area contributed by atoms with E-state index in [9.17, 15) is 4.79 Å². The van der Waals surface area contributed by atoms with E-state index in [2.05, 4.69) is 6.07 Å². The first-order chi connectivity index (χ1) is 13.8. The van der Waals surface area contributed by atoms with Crippen LogP contribution in [0.3, 0.4) is 0 Å². The van der Waals surface area contributed by atoms with Gasteiger partial charge >= 0.3 is 0 Å². The summed E-state index contributed by atoms with van der Waals surface area (Å²) in [5.41, 5.74) is 6.15. The molecule has 1 amide bonds. The van der Waals surface area contributed by atoms with Crippen molar-refractivity contribution < 1.29 is 4.79 Å². The van der Waals surface area contributed by atoms with Crippen molar-refractivity contribution in [3.63, 3.8) is 0 Å². The highest BCUT2D eigenvalue weighted by molar-refractivity contribution is 6.43. The van der Waals surface area contributed by atoms with E-state index in [1.165, 1.54) is 0 Å². The minimum Gasteiger partial charge on any atom is -0.369 e. The van der Waals surface area contributed by atoms with Crippen molar-refractivity contribution >= 4 is 52.3 Å². The summed E-state index contributed by atoms with van der Waals surface area (Å²) < 4.78 is 0. The van der Waals surface area contributed by atoms with Gasteiger partial charge in [-0.05, 0) is 55.4 Å². The highest BCUT2D eigenvalue weighted by Gasteiger charge is 2.45. The maximum atomic E-state index is 11.5. The Hall–Kier alpha value is -1.44. The van der Waals surface area contributed by atoms with E-state index >= 15 is 0 Å². The van der Waals surface area contributed by atoms with Crippen LogP contribution in [0.4, 0.5) is 0 Å². The fourth-order valence-corrected chi connectivity index (χ4v) is 4.86. The van der Waals surface area contributed by atoms with Gasteiger partial charge in [0, 0.05) is 0 Å². The van der Waals surface area contributed by atoms with Crippen LogP contribution in [0.1, 0.15) is 49.7 Å². The predicted octanol–water partition coefficient (Wildman–Crippen LogP) is 6.84. The Balaban J connectivity index is 0.000000166. The van der Waals surface area contributed by atoms with Crippen molar-refractivity contribution in [1.82, 2.24) is 0 Å². The van der Waals surface area contributed by atoms with E-state index in [4.69, 9.17) is 57.4 Å². The molecule has 2 N–H and O–H groups in total. The Morgan fingerprint density at radius 2 is 1.34 bits per heavy atom. The average Bonchev–Trinajstić information content (AvgIpc) is 2.61. The number of carbonyl (C=O) groups excluding carboxylic acids is 1. The number of amides is 1. The molecule has 152 valence electrons. The SMILES string of the molecule is N#CC1(c2cccc(Cl)c2Cl)CCC1.NC(=O)C1(c2cccc(Cl)c2Cl)CCC1. The van der Waals surface area contributed by atoms with Gasteiger partial charge in [-0.15, -0.1) is 0 Å². The van der Waals surface area contributed by atoms with Crippen LogP contribution in [0.15, 0.2) is 36.4 Å². The lowest BCUT2D eigenvalue weighted by Crippen LogP contribution is -2.46. The van der Waals surface area contributed by atoms with Gasteiger partial charge in [-0.25, -0.2) is 0 Å². The van der Waals surface area contributed by atoms with Crippen LogP contribution in [0.5, 0.6) is 0 Å². The van der Waals surface area contributed by atoms with Crippen LogP contribution < -0.4 is 5.73 Å². The molecule has 0 unspecified atom stereocenters. The fourth-order valence-electron chi connectivity index (χ4n) is 3.90. The fraction of sp³-hybridized carbons (Fsp3) is 0.364. The van der Waals surface area contributed by atoms with Crippen LogP contribution in [-0.2, 0) is 15.6 Å². The summed E-state index contributed by atoms with van der Waals surface area (Å²) in [5, 5.41) is 11.2. The van der Waals surface area contributed by atoms with Crippen LogP contribution in [0, 0.1) is 11.3 Å². The quantitative estimate of drug-likeness (QED) is 0.534. The molecule has 3 nitrogen and oxygen atoms in total. The van der Waals surface area contributed by atoms with Gasteiger partial charge in [-0.1, -0.05) is 77.1 Å². The lowest BCUT2D eigenvalue weighted by molar-refractivity contribution is -0.126. The molecule has 0 spiro atoms. The van der Waals surface area contributed by atoms with Gasteiger partial charge in [0.25, 0.3) is 0 Å². The van der Waals surface area contributed by atoms with Gasteiger partial charge in [-0.2, -0.15) is 5.26 Å². The second kappa shape index (κ2) is 8.74. The summed E-state index contributed by atoms with van der Waals surface area (Å²) in [5.74, 6) is -0.307. The van der Waals surface area contributed by atoms with Crippen LogP contribution in [0.25, 0.3) is 0 Å². The molecule has 0 aromatic heterocycles. The van der Waals surface area contributed by atoms with Crippen LogP contribution >= 0.6 is 46.4 Å². The molecule has 0 radical (unpaired) electrons. The molecule has 0 aliphatic heterocycles. The Morgan fingerprint density at radius 3 is 1.72 bits per heavy atom. The van der Waals surface area contributed by atoms with Crippen LogP contribution in [0.2, 0.25) is 20.1 Å². The highest BCUT2D eigenvalue weighted by Crippen LogP contribution is 2.48. The van der Waals surface area contributed by atoms with Gasteiger partial charge in [0.1, 0.15) is 0 Å². The first-order valence-electron chi connectivity index (χ1n) is 9.37. The third kappa shape index (κ3) is 3.97. The Bertz CT molecular complexity index is 975. The predicted molar refractivity (Wildman–Crippen MR) is 119 cm³/mol. The van der Waals surface area contributed by atoms with E-state index in [1.807, 2.05) is 18.2 Å². The first-order valence-corrected chi connectivity index (χ1v) is 10.9. The Labute approximate surface area is 190 Å². The summed E-state index contributed by atoms with van der Waals surface area (Å²) >= 11 is 24.0. The van der Waals surface area contributed by atoms with Gasteiger partial charge in [0.15, 0.2) is 0 Å². The minimum atomic E-state index is -0.581. The van der Waals surface area contributed by atoms with Crippen molar-refractivity contribution in [3.8, 4) is 6.07 Å². The summed E-state index contributed by atoms with van der Waals surface area (Å²) in [6.07, 6.45) is 5.42. The number of nitrogens with two attached hydrogens (primary N) is 1. The number of rotatable bonds is 3. The molecule has 0 heterocycles. The Morgan fingerprint density at radius 1 is 0.862 bits per heavy atom. The molecule has 2 aromatic rings. The van der Waals surface area contributed by atoms with Crippen molar-refractivity contribution in [2.75, 3.05) is 0 Å². The standard InChI is InChI=1S/C11H11Cl2NO.C11H9Cl2N/c12-8-4-1-3-7(9(8)13)11(10(14)15)5-2-6-11;12-9-4-1-3-8(10(9)13)11(7-14)5-2-6-11/h1,3-4H,2,5-6H2,(H2,14,15);1,3-4H,2,5-6H2. The normalized spacial score (nSPS) is 18.3. The molecular weight excluding hydrogens is 450 g/mol. The number of halogens is 4. The second-order valence-corrected chi connectivity index (χ2v) is 9.12. The smallest absolute Gasteiger partial charge is 0.228 e. The van der Waals surface area contributed by atoms with E-state index in [1.54, 1.807) is 18.2 Å². The number of benzene rings is 2.